The van der Waals surface area contributed by atoms with Crippen LogP contribution in [0.2, 0.25) is 0 Å². The first kappa shape index (κ1) is 18.1. The van der Waals surface area contributed by atoms with E-state index in [1.807, 2.05) is 36.4 Å². The second-order valence-electron chi connectivity index (χ2n) is 5.76. The molecule has 0 fully saturated rings. The van der Waals surface area contributed by atoms with Crippen LogP contribution in [0.5, 0.6) is 5.75 Å². The summed E-state index contributed by atoms with van der Waals surface area (Å²) < 4.78 is 11.1. The summed E-state index contributed by atoms with van der Waals surface area (Å²) in [5.74, 6) is 0.0231. The lowest BCUT2D eigenvalue weighted by molar-refractivity contribution is -0.141. The smallest absolute Gasteiger partial charge is 0.310 e. The summed E-state index contributed by atoms with van der Waals surface area (Å²) in [5.41, 5.74) is 1.34. The number of rotatable bonds is 6. The third kappa shape index (κ3) is 4.11. The molecule has 3 aromatic carbocycles. The molecule has 0 aromatic heterocycles. The number of methoxy groups -OCH3 is 1. The first-order valence-electron chi connectivity index (χ1n) is 8.07. The summed E-state index contributed by atoms with van der Waals surface area (Å²) in [6, 6.07) is 18.5. The zero-order valence-electron chi connectivity index (χ0n) is 14.2. The molecule has 4 nitrogen and oxygen atoms in total. The van der Waals surface area contributed by atoms with E-state index in [4.69, 9.17) is 9.47 Å². The molecular formula is C21H17BrO4. The number of carbonyl (C=O) groups excluding carboxylic acids is 2. The molecule has 26 heavy (non-hydrogen) atoms. The number of benzene rings is 3. The number of hydrogen-bond donors (Lipinski definition) is 0. The minimum Gasteiger partial charge on any atom is -0.496 e. The normalized spacial score (nSPS) is 10.5. The summed E-state index contributed by atoms with van der Waals surface area (Å²) in [4.78, 5) is 24.5. The molecule has 3 aromatic rings. The van der Waals surface area contributed by atoms with Gasteiger partial charge in [-0.15, -0.1) is 0 Å². The molecule has 5 heteroatoms. The Bertz CT molecular complexity index is 960. The molecule has 3 rings (SSSR count). The van der Waals surface area contributed by atoms with Gasteiger partial charge in [0, 0.05) is 5.56 Å². The van der Waals surface area contributed by atoms with E-state index in [1.165, 1.54) is 0 Å². The number of fused-ring (bicyclic) bond motifs is 1. The molecule has 0 atom stereocenters. The van der Waals surface area contributed by atoms with E-state index in [-0.39, 0.29) is 18.8 Å². The molecule has 0 amide bonds. The Morgan fingerprint density at radius 3 is 2.54 bits per heavy atom. The van der Waals surface area contributed by atoms with Gasteiger partial charge in [0.15, 0.2) is 6.61 Å². The fourth-order valence-corrected chi connectivity index (χ4v) is 3.32. The summed E-state index contributed by atoms with van der Waals surface area (Å²) in [5, 5.41) is 1.84. The quantitative estimate of drug-likeness (QED) is 0.439. The summed E-state index contributed by atoms with van der Waals surface area (Å²) in [7, 11) is 1.58. The predicted molar refractivity (Wildman–Crippen MR) is 104 cm³/mol. The zero-order valence-corrected chi connectivity index (χ0v) is 15.8. The molecular weight excluding hydrogens is 396 g/mol. The predicted octanol–water partition coefficient (Wildman–Crippen LogP) is 4.58. The van der Waals surface area contributed by atoms with Gasteiger partial charge in [-0.3, -0.25) is 9.59 Å². The van der Waals surface area contributed by atoms with Gasteiger partial charge in [0.1, 0.15) is 5.75 Å². The highest BCUT2D eigenvalue weighted by atomic mass is 79.9. The highest BCUT2D eigenvalue weighted by Gasteiger charge is 2.13. The third-order valence-electron chi connectivity index (χ3n) is 4.02. The number of Topliss-reactive ketones (excluding diaryl/α,β-unsaturated/α-hetero) is 1. The van der Waals surface area contributed by atoms with Crippen LogP contribution in [-0.2, 0) is 16.0 Å². The molecule has 0 aliphatic carbocycles. The van der Waals surface area contributed by atoms with Crippen molar-refractivity contribution in [2.24, 2.45) is 0 Å². The van der Waals surface area contributed by atoms with E-state index in [0.29, 0.717) is 11.3 Å². The number of ketones is 1. The minimum atomic E-state index is -0.448. The number of ether oxygens (including phenoxy) is 2. The first-order chi connectivity index (χ1) is 12.6. The highest BCUT2D eigenvalue weighted by Crippen LogP contribution is 2.25. The summed E-state index contributed by atoms with van der Waals surface area (Å²) in [6.45, 7) is -0.274. The maximum absolute atomic E-state index is 12.5. The average molecular weight is 413 g/mol. The Hall–Kier alpha value is -2.66. The highest BCUT2D eigenvalue weighted by molar-refractivity contribution is 9.10. The van der Waals surface area contributed by atoms with Crippen LogP contribution in [0.1, 0.15) is 15.9 Å². The number of esters is 1. The monoisotopic (exact) mass is 412 g/mol. The largest absolute Gasteiger partial charge is 0.496 e. The Balaban J connectivity index is 1.64. The van der Waals surface area contributed by atoms with Crippen LogP contribution >= 0.6 is 15.9 Å². The molecule has 132 valence electrons. The summed E-state index contributed by atoms with van der Waals surface area (Å²) in [6.07, 6.45) is 0.0887. The van der Waals surface area contributed by atoms with Gasteiger partial charge in [0.05, 0.1) is 18.0 Å². The molecule has 0 saturated heterocycles. The van der Waals surface area contributed by atoms with Gasteiger partial charge < -0.3 is 9.47 Å². The number of halogens is 1. The summed E-state index contributed by atoms with van der Waals surface area (Å²) >= 11 is 3.38. The molecule has 0 spiro atoms. The van der Waals surface area contributed by atoms with E-state index in [9.17, 15) is 9.59 Å². The Morgan fingerprint density at radius 2 is 1.77 bits per heavy atom. The minimum absolute atomic E-state index is 0.0887. The second-order valence-corrected chi connectivity index (χ2v) is 6.61. The van der Waals surface area contributed by atoms with Crippen molar-refractivity contribution in [3.05, 3.63) is 76.3 Å². The van der Waals surface area contributed by atoms with Gasteiger partial charge in [-0.05, 0) is 44.4 Å². The van der Waals surface area contributed by atoms with E-state index in [2.05, 4.69) is 15.9 Å². The number of hydrogen-bond acceptors (Lipinski definition) is 4. The molecule has 0 bridgehead atoms. The van der Waals surface area contributed by atoms with Crippen molar-refractivity contribution < 1.29 is 19.1 Å². The molecule has 0 unspecified atom stereocenters. The average Bonchev–Trinajstić information content (AvgIpc) is 2.66. The molecule has 0 N–H and O–H groups in total. The van der Waals surface area contributed by atoms with Gasteiger partial charge >= 0.3 is 5.97 Å². The van der Waals surface area contributed by atoms with Crippen LogP contribution in [0, 0.1) is 0 Å². The molecule has 0 aliphatic heterocycles. The fraction of sp³-hybridized carbons (Fsp3) is 0.143. The van der Waals surface area contributed by atoms with Crippen molar-refractivity contribution in [1.29, 1.82) is 0 Å². The van der Waals surface area contributed by atoms with Gasteiger partial charge in [-0.25, -0.2) is 0 Å². The fourth-order valence-electron chi connectivity index (χ4n) is 2.73. The second kappa shape index (κ2) is 8.15. The van der Waals surface area contributed by atoms with E-state index in [1.54, 1.807) is 31.4 Å². The van der Waals surface area contributed by atoms with Crippen LogP contribution in [0.25, 0.3) is 10.8 Å². The van der Waals surface area contributed by atoms with Crippen LogP contribution in [-0.4, -0.2) is 25.5 Å². The first-order valence-corrected chi connectivity index (χ1v) is 8.87. The van der Waals surface area contributed by atoms with Crippen molar-refractivity contribution in [1.82, 2.24) is 0 Å². The van der Waals surface area contributed by atoms with E-state index < -0.39 is 5.97 Å². The lowest BCUT2D eigenvalue weighted by atomic mass is 10.0. The van der Waals surface area contributed by atoms with Gasteiger partial charge in [-0.1, -0.05) is 48.5 Å². The van der Waals surface area contributed by atoms with Crippen LogP contribution in [0.4, 0.5) is 0 Å². The van der Waals surface area contributed by atoms with Crippen LogP contribution in [0.3, 0.4) is 0 Å². The van der Waals surface area contributed by atoms with Gasteiger partial charge in [-0.2, -0.15) is 0 Å². The zero-order chi connectivity index (χ0) is 18.5. The van der Waals surface area contributed by atoms with E-state index in [0.717, 1.165) is 20.8 Å². The van der Waals surface area contributed by atoms with Gasteiger partial charge in [0.25, 0.3) is 0 Å². The van der Waals surface area contributed by atoms with Gasteiger partial charge in [0.2, 0.25) is 5.78 Å². The lowest BCUT2D eigenvalue weighted by Crippen LogP contribution is -2.16. The maximum Gasteiger partial charge on any atom is 0.310 e. The molecule has 0 aliphatic rings. The molecule has 0 saturated carbocycles. The molecule has 0 heterocycles. The maximum atomic E-state index is 12.5. The van der Waals surface area contributed by atoms with Crippen molar-refractivity contribution in [3.8, 4) is 5.75 Å². The number of carbonyl (C=O) groups is 2. The third-order valence-corrected chi connectivity index (χ3v) is 4.64. The van der Waals surface area contributed by atoms with E-state index >= 15 is 0 Å². The molecule has 0 radical (unpaired) electrons. The van der Waals surface area contributed by atoms with Crippen LogP contribution < -0.4 is 4.74 Å². The standard InChI is InChI=1S/C21H17BrO4/c1-25-20-10-9-14(11-18(20)22)12-21(24)26-13-19(23)17-8-4-6-15-5-2-3-7-16(15)17/h2-11H,12-13H2,1H3. The van der Waals surface area contributed by atoms with Crippen molar-refractivity contribution in [2.45, 2.75) is 6.42 Å². The lowest BCUT2D eigenvalue weighted by Gasteiger charge is -2.08. The SMILES string of the molecule is COc1ccc(CC(=O)OCC(=O)c2cccc3ccccc23)cc1Br. The van der Waals surface area contributed by atoms with Crippen molar-refractivity contribution in [3.63, 3.8) is 0 Å². The Kier molecular flexibility index (Phi) is 5.68. The Labute approximate surface area is 159 Å². The topological polar surface area (TPSA) is 52.6 Å². The van der Waals surface area contributed by atoms with Crippen molar-refractivity contribution >= 4 is 38.5 Å². The van der Waals surface area contributed by atoms with Crippen LogP contribution in [0.15, 0.2) is 65.1 Å². The Morgan fingerprint density at radius 1 is 1.00 bits per heavy atom. The van der Waals surface area contributed by atoms with Crippen molar-refractivity contribution in [2.75, 3.05) is 13.7 Å².